The van der Waals surface area contributed by atoms with E-state index in [2.05, 4.69) is 5.32 Å². The number of carbonyl (C=O) groups excluding carboxylic acids is 1. The Balaban J connectivity index is 2.09. The number of hydrogen-bond donors (Lipinski definition) is 1. The van der Waals surface area contributed by atoms with Crippen LogP contribution >= 0.6 is 23.2 Å². The summed E-state index contributed by atoms with van der Waals surface area (Å²) >= 11 is 11.9. The van der Waals surface area contributed by atoms with E-state index in [1.54, 1.807) is 12.1 Å². The molecule has 24 heavy (non-hydrogen) atoms. The minimum atomic E-state index is -3.54. The van der Waals surface area contributed by atoms with Crippen molar-refractivity contribution in [1.29, 1.82) is 0 Å². The Morgan fingerprint density at radius 3 is 2.71 bits per heavy atom. The highest BCUT2D eigenvalue weighted by atomic mass is 35.5. The molecular formula is C16H22Cl2N2O3S. The highest BCUT2D eigenvalue weighted by molar-refractivity contribution is 7.88. The Kier molecular flexibility index (Phi) is 6.53. The van der Waals surface area contributed by atoms with Gasteiger partial charge in [-0.1, -0.05) is 29.3 Å². The van der Waals surface area contributed by atoms with Crippen molar-refractivity contribution in [3.63, 3.8) is 0 Å². The van der Waals surface area contributed by atoms with Crippen LogP contribution in [0.1, 0.15) is 32.3 Å². The minimum Gasteiger partial charge on any atom is -0.354 e. The Labute approximate surface area is 153 Å². The van der Waals surface area contributed by atoms with Crippen LogP contribution < -0.4 is 5.32 Å². The molecule has 1 unspecified atom stereocenters. The smallest absolute Gasteiger partial charge is 0.224 e. The number of hydrogen-bond acceptors (Lipinski definition) is 3. The van der Waals surface area contributed by atoms with Crippen molar-refractivity contribution in [3.05, 3.63) is 33.8 Å². The van der Waals surface area contributed by atoms with E-state index in [1.807, 2.05) is 13.8 Å². The molecule has 1 N–H and O–H groups in total. The SMILES string of the molecule is CC(C)NC(=O)C1CCCN(S(=O)(=O)Cc2ccc(Cl)cc2Cl)C1. The van der Waals surface area contributed by atoms with Crippen molar-refractivity contribution >= 4 is 39.1 Å². The van der Waals surface area contributed by atoms with Gasteiger partial charge in [0, 0.05) is 29.2 Å². The lowest BCUT2D eigenvalue weighted by Gasteiger charge is -2.31. The van der Waals surface area contributed by atoms with Gasteiger partial charge in [0.05, 0.1) is 11.7 Å². The molecule has 0 radical (unpaired) electrons. The van der Waals surface area contributed by atoms with E-state index >= 15 is 0 Å². The van der Waals surface area contributed by atoms with E-state index in [1.165, 1.54) is 10.4 Å². The fourth-order valence-corrected chi connectivity index (χ4v) is 4.93. The Morgan fingerprint density at radius 2 is 2.08 bits per heavy atom. The van der Waals surface area contributed by atoms with Gasteiger partial charge in [-0.2, -0.15) is 0 Å². The van der Waals surface area contributed by atoms with Gasteiger partial charge in [0.1, 0.15) is 0 Å². The van der Waals surface area contributed by atoms with Crippen molar-refractivity contribution < 1.29 is 13.2 Å². The second-order valence-corrected chi connectivity index (χ2v) is 9.16. The molecule has 0 spiro atoms. The van der Waals surface area contributed by atoms with Crippen LogP contribution in [0.5, 0.6) is 0 Å². The first-order valence-electron chi connectivity index (χ1n) is 7.91. The van der Waals surface area contributed by atoms with Gasteiger partial charge in [-0.15, -0.1) is 0 Å². The van der Waals surface area contributed by atoms with E-state index in [-0.39, 0.29) is 30.2 Å². The van der Waals surface area contributed by atoms with Gasteiger partial charge in [0.2, 0.25) is 15.9 Å². The zero-order valence-electron chi connectivity index (χ0n) is 13.8. The topological polar surface area (TPSA) is 66.5 Å². The molecule has 1 aliphatic rings. The second kappa shape index (κ2) is 8.04. The van der Waals surface area contributed by atoms with Crippen LogP contribution in [-0.4, -0.2) is 37.8 Å². The molecule has 0 saturated carbocycles. The van der Waals surface area contributed by atoms with Crippen molar-refractivity contribution in [2.45, 2.75) is 38.5 Å². The summed E-state index contributed by atoms with van der Waals surface area (Å²) < 4.78 is 26.8. The second-order valence-electron chi connectivity index (χ2n) is 6.35. The first-order valence-corrected chi connectivity index (χ1v) is 10.3. The average molecular weight is 393 g/mol. The molecule has 8 heteroatoms. The lowest BCUT2D eigenvalue weighted by molar-refractivity contribution is -0.126. The van der Waals surface area contributed by atoms with E-state index in [4.69, 9.17) is 23.2 Å². The number of amides is 1. The maximum Gasteiger partial charge on any atom is 0.224 e. The van der Waals surface area contributed by atoms with Gasteiger partial charge in [-0.05, 0) is 44.4 Å². The van der Waals surface area contributed by atoms with Gasteiger partial charge in [0.25, 0.3) is 0 Å². The van der Waals surface area contributed by atoms with Crippen LogP contribution in [0.15, 0.2) is 18.2 Å². The average Bonchev–Trinajstić information content (AvgIpc) is 2.49. The number of carbonyl (C=O) groups is 1. The van der Waals surface area contributed by atoms with Crippen LogP contribution in [0, 0.1) is 5.92 Å². The molecule has 1 heterocycles. The molecule has 5 nitrogen and oxygen atoms in total. The predicted molar refractivity (Wildman–Crippen MR) is 96.7 cm³/mol. The summed E-state index contributed by atoms with van der Waals surface area (Å²) in [5.74, 6) is -0.590. The maximum atomic E-state index is 12.7. The first-order chi connectivity index (χ1) is 11.2. The molecule has 134 valence electrons. The lowest BCUT2D eigenvalue weighted by Crippen LogP contribution is -2.46. The summed E-state index contributed by atoms with van der Waals surface area (Å²) in [5.41, 5.74) is 0.509. The first kappa shape index (κ1) is 19.5. The molecule has 1 atom stereocenters. The molecular weight excluding hydrogens is 371 g/mol. The van der Waals surface area contributed by atoms with E-state index in [0.717, 1.165) is 0 Å². The van der Waals surface area contributed by atoms with Gasteiger partial charge >= 0.3 is 0 Å². The van der Waals surface area contributed by atoms with E-state index in [0.29, 0.717) is 35.0 Å². The number of nitrogens with zero attached hydrogens (tertiary/aromatic N) is 1. The summed E-state index contributed by atoms with van der Waals surface area (Å²) in [5, 5.41) is 3.65. The minimum absolute atomic E-state index is 0.0392. The zero-order chi connectivity index (χ0) is 17.9. The zero-order valence-corrected chi connectivity index (χ0v) is 16.1. The number of rotatable bonds is 5. The van der Waals surface area contributed by atoms with Crippen molar-refractivity contribution in [1.82, 2.24) is 9.62 Å². The van der Waals surface area contributed by atoms with Crippen LogP contribution in [0.25, 0.3) is 0 Å². The third kappa shape index (κ3) is 5.09. The van der Waals surface area contributed by atoms with Crippen molar-refractivity contribution in [2.24, 2.45) is 5.92 Å². The maximum absolute atomic E-state index is 12.7. The van der Waals surface area contributed by atoms with Crippen molar-refractivity contribution in [3.8, 4) is 0 Å². The predicted octanol–water partition coefficient (Wildman–Crippen LogP) is 3.06. The summed E-state index contributed by atoms with van der Waals surface area (Å²) in [6, 6.07) is 4.81. The van der Waals surface area contributed by atoms with E-state index in [9.17, 15) is 13.2 Å². The molecule has 0 aromatic heterocycles. The normalized spacial score (nSPS) is 19.5. The number of halogens is 2. The highest BCUT2D eigenvalue weighted by Crippen LogP contribution is 2.26. The third-order valence-corrected chi connectivity index (χ3v) is 6.31. The number of piperidine rings is 1. The molecule has 1 aromatic carbocycles. The van der Waals surface area contributed by atoms with Crippen molar-refractivity contribution in [2.75, 3.05) is 13.1 Å². The highest BCUT2D eigenvalue weighted by Gasteiger charge is 2.32. The fraction of sp³-hybridized carbons (Fsp3) is 0.562. The molecule has 0 aliphatic carbocycles. The summed E-state index contributed by atoms with van der Waals surface area (Å²) in [6.07, 6.45) is 1.37. The van der Waals surface area contributed by atoms with Crippen LogP contribution in [0.2, 0.25) is 10.0 Å². The van der Waals surface area contributed by atoms with Gasteiger partial charge < -0.3 is 5.32 Å². The fourth-order valence-electron chi connectivity index (χ4n) is 2.74. The van der Waals surface area contributed by atoms with Crippen LogP contribution in [0.4, 0.5) is 0 Å². The Bertz CT molecular complexity index is 707. The molecule has 1 aromatic rings. The monoisotopic (exact) mass is 392 g/mol. The summed E-state index contributed by atoms with van der Waals surface area (Å²) in [4.78, 5) is 12.2. The third-order valence-electron chi connectivity index (χ3n) is 3.93. The molecule has 1 saturated heterocycles. The summed E-state index contributed by atoms with van der Waals surface area (Å²) in [6.45, 7) is 4.42. The van der Waals surface area contributed by atoms with Gasteiger partial charge in [-0.3, -0.25) is 4.79 Å². The molecule has 0 bridgehead atoms. The molecule has 1 fully saturated rings. The van der Waals surface area contributed by atoms with Crippen LogP contribution in [-0.2, 0) is 20.6 Å². The molecule has 1 amide bonds. The standard InChI is InChI=1S/C16H22Cl2N2O3S/c1-11(2)19-16(21)12-4-3-7-20(9-12)24(22,23)10-13-5-6-14(17)8-15(13)18/h5-6,8,11-12H,3-4,7,9-10H2,1-2H3,(H,19,21). The van der Waals surface area contributed by atoms with E-state index < -0.39 is 10.0 Å². The number of nitrogens with one attached hydrogen (secondary N) is 1. The van der Waals surface area contributed by atoms with Gasteiger partial charge in [0.15, 0.2) is 0 Å². The van der Waals surface area contributed by atoms with Gasteiger partial charge in [-0.25, -0.2) is 12.7 Å². The van der Waals surface area contributed by atoms with Crippen LogP contribution in [0.3, 0.4) is 0 Å². The quantitative estimate of drug-likeness (QED) is 0.836. The lowest BCUT2D eigenvalue weighted by atomic mass is 9.98. The molecule has 1 aliphatic heterocycles. The largest absolute Gasteiger partial charge is 0.354 e. The Hall–Kier alpha value is -0.820. The number of sulfonamides is 1. The Morgan fingerprint density at radius 1 is 1.38 bits per heavy atom. The molecule has 2 rings (SSSR count). The summed E-state index contributed by atoms with van der Waals surface area (Å²) in [7, 11) is -3.54. The number of benzene rings is 1.